The van der Waals surface area contributed by atoms with Gasteiger partial charge < -0.3 is 15.1 Å². The zero-order chi connectivity index (χ0) is 15.4. The van der Waals surface area contributed by atoms with Crippen LogP contribution in [0.5, 0.6) is 0 Å². The molecule has 1 atom stereocenters. The van der Waals surface area contributed by atoms with Crippen molar-refractivity contribution < 1.29 is 4.79 Å². The van der Waals surface area contributed by atoms with Crippen molar-refractivity contribution >= 4 is 23.3 Å². The molecule has 1 aromatic rings. The minimum Gasteiger partial charge on any atom is -0.369 e. The van der Waals surface area contributed by atoms with E-state index in [1.54, 1.807) is 12.3 Å². The molecule has 1 N–H and O–H groups in total. The molecule has 0 saturated carbocycles. The lowest BCUT2D eigenvalue weighted by atomic mass is 10.0. The molecular formula is C15H23ClN4O. The van der Waals surface area contributed by atoms with Crippen LogP contribution in [0.4, 0.5) is 5.82 Å². The van der Waals surface area contributed by atoms with Crippen LogP contribution in [0.2, 0.25) is 5.02 Å². The molecule has 0 aromatic carbocycles. The van der Waals surface area contributed by atoms with Gasteiger partial charge in [-0.15, -0.1) is 0 Å². The molecule has 1 fully saturated rings. The monoisotopic (exact) mass is 310 g/mol. The van der Waals surface area contributed by atoms with Gasteiger partial charge >= 0.3 is 0 Å². The SMILES string of the molecule is CCNc1ncc(C(=O)N(C)C2CCCN(C)C2)cc1Cl. The molecule has 0 aliphatic carbocycles. The second kappa shape index (κ2) is 7.09. The van der Waals surface area contributed by atoms with Crippen molar-refractivity contribution in [3.63, 3.8) is 0 Å². The van der Waals surface area contributed by atoms with Crippen LogP contribution in [-0.2, 0) is 0 Å². The summed E-state index contributed by atoms with van der Waals surface area (Å²) in [5.74, 6) is 0.600. The minimum absolute atomic E-state index is 0.0206. The zero-order valence-electron chi connectivity index (χ0n) is 12.9. The molecule has 0 spiro atoms. The number of pyridine rings is 1. The van der Waals surface area contributed by atoms with Gasteiger partial charge in [0.15, 0.2) is 0 Å². The average Bonchev–Trinajstić information content (AvgIpc) is 2.48. The van der Waals surface area contributed by atoms with Gasteiger partial charge in [-0.1, -0.05) is 11.6 Å². The quantitative estimate of drug-likeness (QED) is 0.927. The van der Waals surface area contributed by atoms with Gasteiger partial charge in [0.2, 0.25) is 0 Å². The van der Waals surface area contributed by atoms with E-state index in [0.717, 1.165) is 32.5 Å². The molecule has 2 rings (SSSR count). The molecule has 1 aromatic heterocycles. The van der Waals surface area contributed by atoms with Crippen molar-refractivity contribution in [1.29, 1.82) is 0 Å². The number of hydrogen-bond donors (Lipinski definition) is 1. The standard InChI is InChI=1S/C15H23ClN4O/c1-4-17-14-13(16)8-11(9-18-14)15(21)20(3)12-6-5-7-19(2)10-12/h8-9,12H,4-7,10H2,1-3H3,(H,17,18). The molecule has 6 heteroatoms. The molecule has 0 radical (unpaired) electrons. The van der Waals surface area contributed by atoms with Crippen LogP contribution in [0, 0.1) is 0 Å². The molecule has 1 unspecified atom stereocenters. The number of aromatic nitrogens is 1. The number of likely N-dealkylation sites (N-methyl/N-ethyl adjacent to an activating group) is 2. The fourth-order valence-electron chi connectivity index (χ4n) is 2.68. The first kappa shape index (κ1) is 16.0. The third kappa shape index (κ3) is 3.86. The topological polar surface area (TPSA) is 48.5 Å². The summed E-state index contributed by atoms with van der Waals surface area (Å²) in [4.78, 5) is 20.9. The Morgan fingerprint density at radius 2 is 2.38 bits per heavy atom. The number of piperidine rings is 1. The van der Waals surface area contributed by atoms with E-state index in [0.29, 0.717) is 16.4 Å². The van der Waals surface area contributed by atoms with Gasteiger partial charge in [-0.05, 0) is 39.4 Å². The molecular weight excluding hydrogens is 288 g/mol. The first-order valence-electron chi connectivity index (χ1n) is 7.38. The third-order valence-corrected chi connectivity index (χ3v) is 4.19. The molecule has 21 heavy (non-hydrogen) atoms. The van der Waals surface area contributed by atoms with Crippen LogP contribution in [0.15, 0.2) is 12.3 Å². The van der Waals surface area contributed by atoms with E-state index in [9.17, 15) is 4.79 Å². The molecule has 1 saturated heterocycles. The normalized spacial score (nSPS) is 19.3. The summed E-state index contributed by atoms with van der Waals surface area (Å²) in [7, 11) is 3.95. The van der Waals surface area contributed by atoms with Gasteiger partial charge in [0.05, 0.1) is 10.6 Å². The van der Waals surface area contributed by atoms with E-state index in [1.807, 2.05) is 18.9 Å². The Hall–Kier alpha value is -1.33. The average molecular weight is 311 g/mol. The number of carbonyl (C=O) groups is 1. The number of likely N-dealkylation sites (tertiary alicyclic amines) is 1. The Balaban J connectivity index is 2.10. The fraction of sp³-hybridized carbons (Fsp3) is 0.600. The summed E-state index contributed by atoms with van der Waals surface area (Å²) in [6.07, 6.45) is 3.76. The van der Waals surface area contributed by atoms with Crippen LogP contribution in [-0.4, -0.2) is 60.5 Å². The van der Waals surface area contributed by atoms with Gasteiger partial charge in [0.25, 0.3) is 5.91 Å². The van der Waals surface area contributed by atoms with Crippen molar-refractivity contribution in [2.45, 2.75) is 25.8 Å². The zero-order valence-corrected chi connectivity index (χ0v) is 13.7. The molecule has 1 aliphatic rings. The Kier molecular flexibility index (Phi) is 5.42. The van der Waals surface area contributed by atoms with E-state index in [2.05, 4.69) is 22.2 Å². The maximum Gasteiger partial charge on any atom is 0.255 e. The van der Waals surface area contributed by atoms with Gasteiger partial charge in [-0.25, -0.2) is 4.98 Å². The summed E-state index contributed by atoms with van der Waals surface area (Å²) in [6.45, 7) is 4.74. The summed E-state index contributed by atoms with van der Waals surface area (Å²) in [5.41, 5.74) is 0.539. The van der Waals surface area contributed by atoms with E-state index in [1.165, 1.54) is 0 Å². The molecule has 5 nitrogen and oxygen atoms in total. The van der Waals surface area contributed by atoms with Crippen molar-refractivity contribution in [1.82, 2.24) is 14.8 Å². The molecule has 0 bridgehead atoms. The maximum absolute atomic E-state index is 12.6. The Labute approximate surface area is 131 Å². The number of rotatable bonds is 4. The number of anilines is 1. The second-order valence-electron chi connectivity index (χ2n) is 5.56. The number of nitrogens with one attached hydrogen (secondary N) is 1. The van der Waals surface area contributed by atoms with Gasteiger partial charge in [-0.2, -0.15) is 0 Å². The van der Waals surface area contributed by atoms with E-state index in [-0.39, 0.29) is 11.9 Å². The first-order valence-corrected chi connectivity index (χ1v) is 7.75. The van der Waals surface area contributed by atoms with Gasteiger partial charge in [0.1, 0.15) is 5.82 Å². The highest BCUT2D eigenvalue weighted by molar-refractivity contribution is 6.33. The number of nitrogens with zero attached hydrogens (tertiary/aromatic N) is 3. The Bertz CT molecular complexity index is 508. The Morgan fingerprint density at radius 3 is 3.00 bits per heavy atom. The second-order valence-corrected chi connectivity index (χ2v) is 5.97. The predicted molar refractivity (Wildman–Crippen MR) is 86.0 cm³/mol. The van der Waals surface area contributed by atoms with Crippen LogP contribution < -0.4 is 5.32 Å². The van der Waals surface area contributed by atoms with E-state index < -0.39 is 0 Å². The number of amides is 1. The summed E-state index contributed by atoms with van der Waals surface area (Å²) in [6, 6.07) is 1.95. The van der Waals surface area contributed by atoms with Crippen LogP contribution in [0.3, 0.4) is 0 Å². The number of halogens is 1. The minimum atomic E-state index is -0.0206. The fourth-order valence-corrected chi connectivity index (χ4v) is 2.91. The van der Waals surface area contributed by atoms with E-state index in [4.69, 9.17) is 11.6 Å². The van der Waals surface area contributed by atoms with Crippen molar-refractivity contribution in [2.75, 3.05) is 39.0 Å². The third-order valence-electron chi connectivity index (χ3n) is 3.90. The first-order chi connectivity index (χ1) is 10.0. The van der Waals surface area contributed by atoms with Crippen molar-refractivity contribution in [2.24, 2.45) is 0 Å². The number of carbonyl (C=O) groups excluding carboxylic acids is 1. The highest BCUT2D eigenvalue weighted by Crippen LogP contribution is 2.22. The lowest BCUT2D eigenvalue weighted by Gasteiger charge is -2.35. The molecule has 2 heterocycles. The van der Waals surface area contributed by atoms with Crippen molar-refractivity contribution in [3.8, 4) is 0 Å². The lowest BCUT2D eigenvalue weighted by molar-refractivity contribution is 0.0643. The lowest BCUT2D eigenvalue weighted by Crippen LogP contribution is -2.47. The molecule has 116 valence electrons. The van der Waals surface area contributed by atoms with Crippen LogP contribution in [0.1, 0.15) is 30.1 Å². The largest absolute Gasteiger partial charge is 0.369 e. The van der Waals surface area contributed by atoms with Crippen LogP contribution in [0.25, 0.3) is 0 Å². The summed E-state index contributed by atoms with van der Waals surface area (Å²) in [5, 5.41) is 3.55. The summed E-state index contributed by atoms with van der Waals surface area (Å²) < 4.78 is 0. The molecule has 1 aliphatic heterocycles. The highest BCUT2D eigenvalue weighted by atomic mass is 35.5. The summed E-state index contributed by atoms with van der Waals surface area (Å²) >= 11 is 6.16. The van der Waals surface area contributed by atoms with Crippen LogP contribution >= 0.6 is 11.6 Å². The van der Waals surface area contributed by atoms with E-state index >= 15 is 0 Å². The predicted octanol–water partition coefficient (Wildman–Crippen LogP) is 2.33. The Morgan fingerprint density at radius 1 is 1.62 bits per heavy atom. The highest BCUT2D eigenvalue weighted by Gasteiger charge is 2.25. The van der Waals surface area contributed by atoms with Crippen molar-refractivity contribution in [3.05, 3.63) is 22.8 Å². The molecule has 1 amide bonds. The maximum atomic E-state index is 12.6. The van der Waals surface area contributed by atoms with Gasteiger partial charge in [-0.3, -0.25) is 4.79 Å². The van der Waals surface area contributed by atoms with Gasteiger partial charge in [0, 0.05) is 32.4 Å². The smallest absolute Gasteiger partial charge is 0.255 e. The number of hydrogen-bond acceptors (Lipinski definition) is 4.